The third-order valence-corrected chi connectivity index (χ3v) is 13.4. The van der Waals surface area contributed by atoms with E-state index in [1.165, 1.54) is 76.9 Å². The molecule has 0 N–H and O–H groups in total. The van der Waals surface area contributed by atoms with Gasteiger partial charge in [-0.2, -0.15) is 0 Å². The van der Waals surface area contributed by atoms with E-state index in [0.29, 0.717) is 17.5 Å². The van der Waals surface area contributed by atoms with Crippen LogP contribution in [0, 0.1) is 0 Å². The number of fused-ring (bicyclic) bond motifs is 3. The zero-order valence-corrected chi connectivity index (χ0v) is 35.7. The predicted octanol–water partition coefficient (Wildman–Crippen LogP) is -5.64. The highest BCUT2D eigenvalue weighted by Crippen LogP contribution is 2.35. The zero-order valence-electron chi connectivity index (χ0n) is 35.7. The van der Waals surface area contributed by atoms with Crippen LogP contribution in [0.4, 0.5) is 0 Å². The Balaban J connectivity index is 1.11. The van der Waals surface area contributed by atoms with Crippen LogP contribution in [0.15, 0.2) is 120 Å². The molecule has 0 spiro atoms. The monoisotopic (exact) mass is 747 g/mol. The highest BCUT2D eigenvalue weighted by Gasteiger charge is 2.22. The van der Waals surface area contributed by atoms with E-state index < -0.39 is 0 Å². The predicted molar refractivity (Wildman–Crippen MR) is 282 cm³/mol. The molecule has 0 unspecified atom stereocenters. The molecule has 0 aliphatic rings. The Morgan fingerprint density at radius 3 is 1.14 bits per heavy atom. The molecule has 2 aromatic heterocycles. The molecule has 2 heterocycles. The number of hydrogen-bond donors (Lipinski definition) is 0. The second kappa shape index (κ2) is 15.0. The lowest BCUT2D eigenvalue weighted by Gasteiger charge is -2.22. The summed E-state index contributed by atoms with van der Waals surface area (Å²) in [6, 6.07) is 40.9. The van der Waals surface area contributed by atoms with Gasteiger partial charge >= 0.3 is 0 Å². The lowest BCUT2D eigenvalue weighted by Crippen LogP contribution is -2.55. The molecule has 0 radical (unpaired) electrons. The van der Waals surface area contributed by atoms with E-state index >= 15 is 0 Å². The highest BCUT2D eigenvalue weighted by atomic mass is 16.3. The average Bonchev–Trinajstić information content (AvgIpc) is 3.64. The van der Waals surface area contributed by atoms with Crippen molar-refractivity contribution in [3.05, 3.63) is 115 Å². The average molecular weight is 746 g/mol. The summed E-state index contributed by atoms with van der Waals surface area (Å²) < 4.78 is 6.52. The zero-order chi connectivity index (χ0) is 41.3. The van der Waals surface area contributed by atoms with Gasteiger partial charge in [0, 0.05) is 27.5 Å². The van der Waals surface area contributed by atoms with Gasteiger partial charge in [-0.25, -0.2) is 15.0 Å². The number of furan rings is 1. The second-order valence-corrected chi connectivity index (χ2v) is 16.4. The van der Waals surface area contributed by atoms with Crippen LogP contribution in [0.1, 0.15) is 0 Å². The molecule has 0 saturated heterocycles. The van der Waals surface area contributed by atoms with E-state index in [4.69, 9.17) is 19.4 Å². The highest BCUT2D eigenvalue weighted by molar-refractivity contribution is 6.69. The van der Waals surface area contributed by atoms with Crippen molar-refractivity contribution in [3.63, 3.8) is 0 Å². The van der Waals surface area contributed by atoms with E-state index in [1.807, 2.05) is 0 Å². The smallest absolute Gasteiger partial charge is 0.164 e. The minimum atomic E-state index is 0.650. The Kier molecular flexibility index (Phi) is 9.78. The van der Waals surface area contributed by atoms with E-state index in [9.17, 15) is 0 Å². The Hall–Kier alpha value is -6.00. The summed E-state index contributed by atoms with van der Waals surface area (Å²) >= 11 is 0. The van der Waals surface area contributed by atoms with Crippen LogP contribution in [-0.4, -0.2) is 93.4 Å². The summed E-state index contributed by atoms with van der Waals surface area (Å²) in [7, 11) is 22.0. The first-order chi connectivity index (χ1) is 28.4. The van der Waals surface area contributed by atoms with Crippen molar-refractivity contribution in [1.29, 1.82) is 0 Å². The Morgan fingerprint density at radius 2 is 0.661 bits per heavy atom. The lowest BCUT2D eigenvalue weighted by atomic mass is 9.60. The standard InChI is InChI=1S/C45H39B10N3O/c46-33-31(34(47)38(51)41(54)37(33)50)44-56-43(57-45(58-44)32-35(48)39(52)42(55)40(53)36(32)49)26-15-17-29-28(18-26)27-16-14-25(19-30(27)59-29)24-12-10-23(11-13-24)22-8-6-21(7-9-22)20-4-2-1-3-5-20/h1-19H,46-55H2. The van der Waals surface area contributed by atoms with Gasteiger partial charge in [0.05, 0.1) is 0 Å². The van der Waals surface area contributed by atoms with Crippen LogP contribution < -0.4 is 54.6 Å². The number of nitrogens with zero attached hydrogens (tertiary/aromatic N) is 3. The van der Waals surface area contributed by atoms with Crippen LogP contribution in [-0.2, 0) is 0 Å². The first-order valence-corrected chi connectivity index (χ1v) is 20.5. The van der Waals surface area contributed by atoms with Gasteiger partial charge in [-0.3, -0.25) is 0 Å². The maximum Gasteiger partial charge on any atom is 0.164 e. The van der Waals surface area contributed by atoms with Gasteiger partial charge in [-0.1, -0.05) is 107 Å². The van der Waals surface area contributed by atoms with Gasteiger partial charge in [0.25, 0.3) is 0 Å². The van der Waals surface area contributed by atoms with Crippen LogP contribution in [0.5, 0.6) is 0 Å². The molecule has 0 aliphatic heterocycles. The first-order valence-electron chi connectivity index (χ1n) is 20.5. The molecule has 59 heavy (non-hydrogen) atoms. The molecule has 4 nitrogen and oxygen atoms in total. The quantitative estimate of drug-likeness (QED) is 0.160. The molecule has 0 saturated carbocycles. The number of benzene rings is 7. The fourth-order valence-corrected chi connectivity index (χ4v) is 8.84. The molecule has 7 aromatic carbocycles. The van der Waals surface area contributed by atoms with Gasteiger partial charge < -0.3 is 4.42 Å². The molecule has 0 fully saturated rings. The molecule has 0 aliphatic carbocycles. The largest absolute Gasteiger partial charge is 0.456 e. The van der Waals surface area contributed by atoms with Crippen LogP contribution >= 0.6 is 0 Å². The molecule has 9 aromatic rings. The minimum Gasteiger partial charge on any atom is -0.456 e. The fourth-order valence-electron chi connectivity index (χ4n) is 8.84. The normalized spacial score (nSPS) is 11.4. The molecular weight excluding hydrogens is 707 g/mol. The molecule has 0 atom stereocenters. The van der Waals surface area contributed by atoms with Crippen molar-refractivity contribution < 1.29 is 4.42 Å². The topological polar surface area (TPSA) is 51.8 Å². The summed E-state index contributed by atoms with van der Waals surface area (Å²) in [6.07, 6.45) is 0. The maximum atomic E-state index is 6.52. The Bertz CT molecular complexity index is 3010. The van der Waals surface area contributed by atoms with Gasteiger partial charge in [-0.05, 0) is 63.7 Å². The molecule has 14 heteroatoms. The molecule has 0 bridgehead atoms. The Labute approximate surface area is 355 Å². The van der Waals surface area contributed by atoms with Gasteiger partial charge in [0.1, 0.15) is 89.6 Å². The lowest BCUT2D eigenvalue weighted by molar-refractivity contribution is 0.669. The fraction of sp³-hybridized carbons (Fsp3) is 0. The van der Waals surface area contributed by atoms with Crippen LogP contribution in [0.25, 0.3) is 89.5 Å². The van der Waals surface area contributed by atoms with Crippen molar-refractivity contribution in [2.45, 2.75) is 0 Å². The van der Waals surface area contributed by atoms with E-state index in [1.54, 1.807) is 0 Å². The van der Waals surface area contributed by atoms with Crippen LogP contribution in [0.2, 0.25) is 0 Å². The Morgan fingerprint density at radius 1 is 0.288 bits per heavy atom. The van der Waals surface area contributed by atoms with E-state index in [-0.39, 0.29) is 0 Å². The third kappa shape index (κ3) is 6.63. The van der Waals surface area contributed by atoms with Crippen LogP contribution in [0.3, 0.4) is 0 Å². The third-order valence-electron chi connectivity index (χ3n) is 13.4. The molecule has 270 valence electrons. The summed E-state index contributed by atoms with van der Waals surface area (Å²) in [5, 5.41) is 2.09. The molecule has 9 rings (SSSR count). The van der Waals surface area contributed by atoms with E-state index in [2.05, 4.69) is 194 Å². The van der Waals surface area contributed by atoms with Crippen molar-refractivity contribution in [2.75, 3.05) is 0 Å². The summed E-state index contributed by atoms with van der Waals surface area (Å²) in [5.41, 5.74) is 24.4. The van der Waals surface area contributed by atoms with Gasteiger partial charge in [0.2, 0.25) is 0 Å². The van der Waals surface area contributed by atoms with Crippen molar-refractivity contribution in [3.8, 4) is 67.5 Å². The number of rotatable bonds is 6. The van der Waals surface area contributed by atoms with Crippen molar-refractivity contribution in [1.82, 2.24) is 15.0 Å². The van der Waals surface area contributed by atoms with Crippen molar-refractivity contribution in [2.24, 2.45) is 0 Å². The van der Waals surface area contributed by atoms with Crippen molar-refractivity contribution >= 4 is 155 Å². The summed E-state index contributed by atoms with van der Waals surface area (Å²) in [4.78, 5) is 15.9. The minimum absolute atomic E-state index is 0.650. The number of hydrogen-bond acceptors (Lipinski definition) is 4. The number of aromatic nitrogens is 3. The molecular formula is C45H39B10N3O. The first kappa shape index (κ1) is 38.5. The SMILES string of the molecule is Bc1c(B)c(B)c(-c2nc(-c3ccc4oc5cc(-c6ccc(-c7ccc(-c8ccccc8)cc7)cc6)ccc5c4c3)nc(-c3c(B)c(B)c(B)c(B)c3B)n2)c(B)c1B. The van der Waals surface area contributed by atoms with Gasteiger partial charge in [-0.15, -0.1) is 32.8 Å². The summed E-state index contributed by atoms with van der Waals surface area (Å²) in [6.45, 7) is 0. The summed E-state index contributed by atoms with van der Waals surface area (Å²) in [5.74, 6) is 2.06. The second-order valence-electron chi connectivity index (χ2n) is 16.4. The molecule has 0 amide bonds. The maximum absolute atomic E-state index is 6.52. The van der Waals surface area contributed by atoms with E-state index in [0.717, 1.165) is 49.8 Å². The van der Waals surface area contributed by atoms with Gasteiger partial charge in [0.15, 0.2) is 17.5 Å².